The lowest BCUT2D eigenvalue weighted by Gasteiger charge is -1.87. The molecular weight excluding hydrogens is 175 g/mol. The molecule has 60 valence electrons. The van der Waals surface area contributed by atoms with Gasteiger partial charge in [0, 0.05) is 11.1 Å². The van der Waals surface area contributed by atoms with Crippen molar-refractivity contribution in [1.82, 2.24) is 0 Å². The molecule has 0 heterocycles. The quantitative estimate of drug-likeness (QED) is 0.539. The van der Waals surface area contributed by atoms with E-state index in [-0.39, 0.29) is 5.82 Å². The van der Waals surface area contributed by atoms with Crippen molar-refractivity contribution >= 4 is 11.6 Å². The van der Waals surface area contributed by atoms with E-state index in [1.807, 2.05) is 0 Å². The van der Waals surface area contributed by atoms with Crippen molar-refractivity contribution in [3.05, 3.63) is 47.3 Å². The summed E-state index contributed by atoms with van der Waals surface area (Å²) < 4.78 is 12.4. The molecule has 0 aromatic heterocycles. The molecule has 0 bridgehead atoms. The van der Waals surface area contributed by atoms with Crippen molar-refractivity contribution in [1.29, 1.82) is 0 Å². The van der Waals surface area contributed by atoms with Crippen molar-refractivity contribution in [2.75, 3.05) is 0 Å². The SMILES string of the molecule is Fc1ccc(C#C/C=C/Cl)cc1. The first-order valence-corrected chi connectivity index (χ1v) is 3.79. The summed E-state index contributed by atoms with van der Waals surface area (Å²) in [4.78, 5) is 0. The van der Waals surface area contributed by atoms with Gasteiger partial charge in [0.05, 0.1) is 0 Å². The number of benzene rings is 1. The van der Waals surface area contributed by atoms with E-state index in [9.17, 15) is 4.39 Å². The second kappa shape index (κ2) is 4.58. The molecule has 0 fully saturated rings. The van der Waals surface area contributed by atoms with Crippen LogP contribution in [0.2, 0.25) is 0 Å². The second-order valence-corrected chi connectivity index (χ2v) is 2.32. The summed E-state index contributed by atoms with van der Waals surface area (Å²) in [6.07, 6.45) is 1.52. The smallest absolute Gasteiger partial charge is 0.123 e. The Bertz CT molecular complexity index is 327. The van der Waals surface area contributed by atoms with Crippen LogP contribution in [0.1, 0.15) is 5.56 Å². The third-order valence-electron chi connectivity index (χ3n) is 1.21. The van der Waals surface area contributed by atoms with E-state index in [2.05, 4.69) is 11.8 Å². The van der Waals surface area contributed by atoms with Crippen molar-refractivity contribution < 1.29 is 4.39 Å². The molecule has 12 heavy (non-hydrogen) atoms. The van der Waals surface area contributed by atoms with Crippen LogP contribution >= 0.6 is 11.6 Å². The van der Waals surface area contributed by atoms with Crippen LogP contribution in [-0.4, -0.2) is 0 Å². The van der Waals surface area contributed by atoms with E-state index in [4.69, 9.17) is 11.6 Å². The first kappa shape index (κ1) is 8.83. The van der Waals surface area contributed by atoms with Gasteiger partial charge in [-0.1, -0.05) is 23.4 Å². The largest absolute Gasteiger partial charge is 0.207 e. The predicted molar refractivity (Wildman–Crippen MR) is 48.3 cm³/mol. The number of hydrogen-bond donors (Lipinski definition) is 0. The summed E-state index contributed by atoms with van der Waals surface area (Å²) in [5, 5.41) is 0. The molecule has 1 aromatic rings. The van der Waals surface area contributed by atoms with Crippen LogP contribution in [-0.2, 0) is 0 Å². The highest BCUT2D eigenvalue weighted by molar-refractivity contribution is 6.25. The Labute approximate surface area is 75.7 Å². The fraction of sp³-hybridized carbons (Fsp3) is 0. The molecule has 0 saturated carbocycles. The number of rotatable bonds is 0. The van der Waals surface area contributed by atoms with Gasteiger partial charge in [0.15, 0.2) is 0 Å². The maximum atomic E-state index is 12.4. The van der Waals surface area contributed by atoms with Gasteiger partial charge >= 0.3 is 0 Å². The Morgan fingerprint density at radius 3 is 2.50 bits per heavy atom. The van der Waals surface area contributed by atoms with Crippen molar-refractivity contribution in [3.8, 4) is 11.8 Å². The molecule has 1 rings (SSSR count). The third kappa shape index (κ3) is 2.77. The van der Waals surface area contributed by atoms with Gasteiger partial charge < -0.3 is 0 Å². The minimum absolute atomic E-state index is 0.256. The highest BCUT2D eigenvalue weighted by Gasteiger charge is 1.86. The average molecular weight is 181 g/mol. The van der Waals surface area contributed by atoms with Gasteiger partial charge in [0.1, 0.15) is 5.82 Å². The van der Waals surface area contributed by atoms with Gasteiger partial charge in [-0.25, -0.2) is 4.39 Å². The Hall–Kier alpha value is -1.26. The van der Waals surface area contributed by atoms with Crippen LogP contribution in [0, 0.1) is 17.7 Å². The van der Waals surface area contributed by atoms with E-state index < -0.39 is 0 Å². The summed E-state index contributed by atoms with van der Waals surface area (Å²) in [6.45, 7) is 0. The molecule has 0 nitrogen and oxygen atoms in total. The molecule has 0 aliphatic rings. The van der Waals surface area contributed by atoms with Crippen molar-refractivity contribution in [3.63, 3.8) is 0 Å². The summed E-state index contributed by atoms with van der Waals surface area (Å²) in [6, 6.07) is 5.97. The highest BCUT2D eigenvalue weighted by atomic mass is 35.5. The lowest BCUT2D eigenvalue weighted by molar-refractivity contribution is 0.627. The zero-order valence-electron chi connectivity index (χ0n) is 6.22. The van der Waals surface area contributed by atoms with Crippen LogP contribution < -0.4 is 0 Å². The molecule has 0 aliphatic carbocycles. The van der Waals surface area contributed by atoms with E-state index in [0.717, 1.165) is 5.56 Å². The molecule has 0 spiro atoms. The van der Waals surface area contributed by atoms with E-state index in [1.54, 1.807) is 12.1 Å². The zero-order valence-corrected chi connectivity index (χ0v) is 6.98. The minimum atomic E-state index is -0.256. The van der Waals surface area contributed by atoms with Gasteiger partial charge in [-0.15, -0.1) is 0 Å². The molecule has 0 saturated heterocycles. The van der Waals surface area contributed by atoms with Gasteiger partial charge in [0.2, 0.25) is 0 Å². The lowest BCUT2D eigenvalue weighted by atomic mass is 10.2. The maximum absolute atomic E-state index is 12.4. The minimum Gasteiger partial charge on any atom is -0.207 e. The van der Waals surface area contributed by atoms with E-state index in [1.165, 1.54) is 23.7 Å². The van der Waals surface area contributed by atoms with E-state index >= 15 is 0 Å². The fourth-order valence-electron chi connectivity index (χ4n) is 0.690. The number of allylic oxidation sites excluding steroid dienone is 1. The number of hydrogen-bond acceptors (Lipinski definition) is 0. The normalized spacial score (nSPS) is 9.50. The topological polar surface area (TPSA) is 0 Å². The first-order chi connectivity index (χ1) is 5.83. The number of halogens is 2. The first-order valence-electron chi connectivity index (χ1n) is 3.35. The van der Waals surface area contributed by atoms with Crippen LogP contribution in [0.4, 0.5) is 4.39 Å². The summed E-state index contributed by atoms with van der Waals surface area (Å²) in [5.41, 5.74) is 2.10. The van der Waals surface area contributed by atoms with Gasteiger partial charge in [-0.3, -0.25) is 0 Å². The molecular formula is C10H6ClF. The maximum Gasteiger partial charge on any atom is 0.123 e. The average Bonchev–Trinajstić information content (AvgIpc) is 2.09. The highest BCUT2D eigenvalue weighted by Crippen LogP contribution is 2.00. The summed E-state index contributed by atoms with van der Waals surface area (Å²) in [7, 11) is 0. The van der Waals surface area contributed by atoms with Crippen LogP contribution in [0.25, 0.3) is 0 Å². The Balaban J connectivity index is 2.79. The Morgan fingerprint density at radius 1 is 1.25 bits per heavy atom. The third-order valence-corrected chi connectivity index (χ3v) is 1.33. The summed E-state index contributed by atoms with van der Waals surface area (Å²) in [5.74, 6) is 5.21. The van der Waals surface area contributed by atoms with Gasteiger partial charge in [-0.2, -0.15) is 0 Å². The predicted octanol–water partition coefficient (Wildman–Crippen LogP) is 2.93. The Kier molecular flexibility index (Phi) is 3.37. The van der Waals surface area contributed by atoms with Crippen LogP contribution in [0.3, 0.4) is 0 Å². The molecule has 0 atom stereocenters. The Morgan fingerprint density at radius 2 is 1.92 bits per heavy atom. The standard InChI is InChI=1S/C10H6ClF/c11-8-2-1-3-9-4-6-10(12)7-5-9/h2,4-8H/b8-2+. The van der Waals surface area contributed by atoms with Crippen LogP contribution in [0.5, 0.6) is 0 Å². The molecule has 0 radical (unpaired) electrons. The van der Waals surface area contributed by atoms with Crippen LogP contribution in [0.15, 0.2) is 35.9 Å². The molecule has 2 heteroatoms. The molecule has 0 unspecified atom stereocenters. The van der Waals surface area contributed by atoms with Crippen molar-refractivity contribution in [2.24, 2.45) is 0 Å². The second-order valence-electron chi connectivity index (χ2n) is 2.07. The van der Waals surface area contributed by atoms with Crippen molar-refractivity contribution in [2.45, 2.75) is 0 Å². The van der Waals surface area contributed by atoms with Gasteiger partial charge in [0.25, 0.3) is 0 Å². The molecule has 0 aliphatic heterocycles. The zero-order chi connectivity index (χ0) is 8.81. The summed E-state index contributed by atoms with van der Waals surface area (Å²) >= 11 is 5.25. The van der Waals surface area contributed by atoms with E-state index in [0.29, 0.717) is 0 Å². The molecule has 1 aromatic carbocycles. The monoisotopic (exact) mass is 180 g/mol. The fourth-order valence-corrected chi connectivity index (χ4v) is 0.753. The molecule has 0 N–H and O–H groups in total. The van der Waals surface area contributed by atoms with Gasteiger partial charge in [-0.05, 0) is 30.3 Å². The molecule has 0 amide bonds. The lowest BCUT2D eigenvalue weighted by Crippen LogP contribution is -1.74.